The first-order chi connectivity index (χ1) is 12.8. The molecule has 0 radical (unpaired) electrons. The Labute approximate surface area is 154 Å². The lowest BCUT2D eigenvalue weighted by Crippen LogP contribution is -2.52. The molecule has 1 fully saturated rings. The predicted molar refractivity (Wildman–Crippen MR) is 105 cm³/mol. The van der Waals surface area contributed by atoms with Crippen LogP contribution in [0.3, 0.4) is 0 Å². The number of nitrogens with one attached hydrogen (secondary N) is 1. The Kier molecular flexibility index (Phi) is 3.71. The van der Waals surface area contributed by atoms with Crippen molar-refractivity contribution in [2.75, 3.05) is 20.2 Å². The number of benzene rings is 2. The minimum Gasteiger partial charge on any atom is -0.497 e. The lowest BCUT2D eigenvalue weighted by atomic mass is 9.59. The van der Waals surface area contributed by atoms with Crippen molar-refractivity contribution < 1.29 is 4.74 Å². The Morgan fingerprint density at radius 1 is 1.12 bits per heavy atom. The minimum atomic E-state index is 0.155. The van der Waals surface area contributed by atoms with E-state index < -0.39 is 0 Å². The maximum atomic E-state index is 5.52. The van der Waals surface area contributed by atoms with Crippen molar-refractivity contribution in [1.29, 1.82) is 0 Å². The smallest absolute Gasteiger partial charge is 0.119 e. The molecule has 1 aliphatic heterocycles. The molecule has 1 N–H and O–H groups in total. The van der Waals surface area contributed by atoms with Crippen LogP contribution in [-0.2, 0) is 18.3 Å². The van der Waals surface area contributed by atoms with Crippen LogP contribution in [0.15, 0.2) is 54.6 Å². The van der Waals surface area contributed by atoms with E-state index in [9.17, 15) is 0 Å². The summed E-state index contributed by atoms with van der Waals surface area (Å²) in [6.45, 7) is 2.14. The Balaban J connectivity index is 1.65. The van der Waals surface area contributed by atoms with Crippen LogP contribution in [0.25, 0.3) is 10.9 Å². The normalized spacial score (nSPS) is 24.7. The molecule has 0 spiro atoms. The minimum absolute atomic E-state index is 0.155. The van der Waals surface area contributed by atoms with Crippen molar-refractivity contribution in [1.82, 2.24) is 10.3 Å². The third-order valence-electron chi connectivity index (χ3n) is 6.41. The van der Waals surface area contributed by atoms with Gasteiger partial charge < -0.3 is 10.1 Å². The molecule has 1 saturated heterocycles. The highest BCUT2D eigenvalue weighted by Crippen LogP contribution is 2.47. The number of rotatable bonds is 2. The molecule has 0 amide bonds. The molecule has 1 aliphatic carbocycles. The molecule has 3 heteroatoms. The zero-order chi connectivity index (χ0) is 17.6. The van der Waals surface area contributed by atoms with Crippen molar-refractivity contribution in [2.24, 2.45) is 5.92 Å². The maximum Gasteiger partial charge on any atom is 0.119 e. The summed E-state index contributed by atoms with van der Waals surface area (Å²) in [6, 6.07) is 19.5. The van der Waals surface area contributed by atoms with Crippen LogP contribution in [0.5, 0.6) is 5.75 Å². The Hall–Kier alpha value is -2.39. The average molecular weight is 344 g/mol. The second kappa shape index (κ2) is 6.10. The van der Waals surface area contributed by atoms with Crippen LogP contribution in [0.1, 0.15) is 23.2 Å². The fourth-order valence-electron chi connectivity index (χ4n) is 5.00. The maximum absolute atomic E-state index is 5.52. The standard InChI is InChI=1S/C23H24N2O/c1-26-20-7-4-6-18(13-20)23-9-10-24-15-19(23)12-17-11-16-5-2-3-8-21(16)25-22(17)14-23/h2-8,11,13,19,24H,9-10,12,14-15H2,1H3/t19-,23-/m0/s1. The largest absolute Gasteiger partial charge is 0.497 e. The van der Waals surface area contributed by atoms with E-state index >= 15 is 0 Å². The zero-order valence-corrected chi connectivity index (χ0v) is 15.2. The fourth-order valence-corrected chi connectivity index (χ4v) is 5.00. The summed E-state index contributed by atoms with van der Waals surface area (Å²) in [5, 5.41) is 4.88. The van der Waals surface area contributed by atoms with E-state index in [1.54, 1.807) is 7.11 Å². The summed E-state index contributed by atoms with van der Waals surface area (Å²) >= 11 is 0. The molecule has 132 valence electrons. The highest BCUT2D eigenvalue weighted by atomic mass is 16.5. The summed E-state index contributed by atoms with van der Waals surface area (Å²) < 4.78 is 5.52. The number of ether oxygens (including phenoxy) is 1. The number of fused-ring (bicyclic) bond motifs is 3. The molecule has 2 aromatic carbocycles. The van der Waals surface area contributed by atoms with Crippen molar-refractivity contribution >= 4 is 10.9 Å². The number of methoxy groups -OCH3 is 1. The van der Waals surface area contributed by atoms with Crippen LogP contribution >= 0.6 is 0 Å². The van der Waals surface area contributed by atoms with Gasteiger partial charge in [0.1, 0.15) is 5.75 Å². The highest BCUT2D eigenvalue weighted by Gasteiger charge is 2.46. The van der Waals surface area contributed by atoms with Crippen LogP contribution < -0.4 is 10.1 Å². The second-order valence-corrected chi connectivity index (χ2v) is 7.71. The van der Waals surface area contributed by atoms with E-state index in [0.29, 0.717) is 5.92 Å². The van der Waals surface area contributed by atoms with E-state index in [1.807, 2.05) is 6.07 Å². The molecular weight excluding hydrogens is 320 g/mol. The fraction of sp³-hybridized carbons (Fsp3) is 0.348. The Morgan fingerprint density at radius 3 is 2.96 bits per heavy atom. The quantitative estimate of drug-likeness (QED) is 0.766. The Morgan fingerprint density at radius 2 is 2.04 bits per heavy atom. The lowest BCUT2D eigenvalue weighted by Gasteiger charge is -2.48. The van der Waals surface area contributed by atoms with E-state index in [-0.39, 0.29) is 5.41 Å². The second-order valence-electron chi connectivity index (χ2n) is 7.71. The van der Waals surface area contributed by atoms with E-state index in [2.05, 4.69) is 53.8 Å². The third kappa shape index (κ3) is 2.42. The third-order valence-corrected chi connectivity index (χ3v) is 6.41. The van der Waals surface area contributed by atoms with Crippen LogP contribution in [0.2, 0.25) is 0 Å². The highest BCUT2D eigenvalue weighted by molar-refractivity contribution is 5.79. The van der Waals surface area contributed by atoms with Crippen molar-refractivity contribution in [2.45, 2.75) is 24.7 Å². The summed E-state index contributed by atoms with van der Waals surface area (Å²) in [5.41, 5.74) is 5.38. The summed E-state index contributed by atoms with van der Waals surface area (Å²) in [5.74, 6) is 1.55. The Bertz CT molecular complexity index is 967. The number of aromatic nitrogens is 1. The summed E-state index contributed by atoms with van der Waals surface area (Å²) in [6.07, 6.45) is 3.27. The first-order valence-electron chi connectivity index (χ1n) is 9.51. The van der Waals surface area contributed by atoms with Gasteiger partial charge in [0, 0.05) is 22.9 Å². The van der Waals surface area contributed by atoms with Gasteiger partial charge >= 0.3 is 0 Å². The van der Waals surface area contributed by atoms with Gasteiger partial charge in [-0.25, -0.2) is 0 Å². The summed E-state index contributed by atoms with van der Waals surface area (Å²) in [4.78, 5) is 5.07. The first-order valence-corrected chi connectivity index (χ1v) is 9.51. The molecule has 0 unspecified atom stereocenters. The van der Waals surface area contributed by atoms with E-state index in [4.69, 9.17) is 9.72 Å². The monoisotopic (exact) mass is 344 g/mol. The molecule has 2 atom stereocenters. The SMILES string of the molecule is COc1cccc([C@@]23CCNC[C@@H]2Cc2cc4ccccc4nc2C3)c1. The molecule has 3 nitrogen and oxygen atoms in total. The van der Waals surface area contributed by atoms with E-state index in [0.717, 1.165) is 43.6 Å². The van der Waals surface area contributed by atoms with Gasteiger partial charge in [-0.15, -0.1) is 0 Å². The average Bonchev–Trinajstić information content (AvgIpc) is 2.70. The topological polar surface area (TPSA) is 34.1 Å². The van der Waals surface area contributed by atoms with Gasteiger partial charge in [0.05, 0.1) is 12.6 Å². The molecule has 5 rings (SSSR count). The van der Waals surface area contributed by atoms with E-state index in [1.165, 1.54) is 22.2 Å². The number of hydrogen-bond donors (Lipinski definition) is 1. The number of pyridine rings is 1. The number of hydrogen-bond acceptors (Lipinski definition) is 3. The lowest BCUT2D eigenvalue weighted by molar-refractivity contribution is 0.181. The van der Waals surface area contributed by atoms with Gasteiger partial charge in [-0.1, -0.05) is 30.3 Å². The van der Waals surface area contributed by atoms with Gasteiger partial charge in [-0.05, 0) is 67.2 Å². The van der Waals surface area contributed by atoms with Crippen molar-refractivity contribution in [3.05, 3.63) is 71.4 Å². The van der Waals surface area contributed by atoms with Gasteiger partial charge in [0.15, 0.2) is 0 Å². The molecule has 2 heterocycles. The zero-order valence-electron chi connectivity index (χ0n) is 15.2. The number of nitrogens with zero attached hydrogens (tertiary/aromatic N) is 1. The number of para-hydroxylation sites is 1. The molecule has 0 bridgehead atoms. The van der Waals surface area contributed by atoms with Gasteiger partial charge in [0.25, 0.3) is 0 Å². The van der Waals surface area contributed by atoms with Crippen molar-refractivity contribution in [3.8, 4) is 5.75 Å². The van der Waals surface area contributed by atoms with Gasteiger partial charge in [0.2, 0.25) is 0 Å². The van der Waals surface area contributed by atoms with Crippen LogP contribution in [0.4, 0.5) is 0 Å². The first kappa shape index (κ1) is 15.8. The molecule has 0 saturated carbocycles. The molecule has 3 aromatic rings. The molecule has 26 heavy (non-hydrogen) atoms. The predicted octanol–water partition coefficient (Wildman–Crippen LogP) is 3.89. The van der Waals surface area contributed by atoms with Gasteiger partial charge in [-0.3, -0.25) is 4.98 Å². The van der Waals surface area contributed by atoms with Crippen LogP contribution in [-0.4, -0.2) is 25.2 Å². The summed E-state index contributed by atoms with van der Waals surface area (Å²) in [7, 11) is 1.75. The molecule has 2 aliphatic rings. The van der Waals surface area contributed by atoms with Crippen LogP contribution in [0, 0.1) is 5.92 Å². The number of piperidine rings is 1. The van der Waals surface area contributed by atoms with Gasteiger partial charge in [-0.2, -0.15) is 0 Å². The van der Waals surface area contributed by atoms with Crippen molar-refractivity contribution in [3.63, 3.8) is 0 Å². The molecular formula is C23H24N2O. The molecule has 1 aromatic heterocycles.